The molecule has 4 aliphatic heterocycles. The predicted molar refractivity (Wildman–Crippen MR) is 265 cm³/mol. The zero-order valence-corrected chi connectivity index (χ0v) is 42.3. The first-order chi connectivity index (χ1) is 35.0. The van der Waals surface area contributed by atoms with Crippen LogP contribution >= 0.6 is 0 Å². The van der Waals surface area contributed by atoms with Crippen molar-refractivity contribution in [3.05, 3.63) is 51.6 Å². The summed E-state index contributed by atoms with van der Waals surface area (Å²) in [5, 5.41) is 80.6. The lowest BCUT2D eigenvalue weighted by Gasteiger charge is -2.71. The summed E-state index contributed by atoms with van der Waals surface area (Å²) in [6.07, 6.45) is 16.7. The Labute approximate surface area is 426 Å². The van der Waals surface area contributed by atoms with E-state index in [0.717, 1.165) is 36.3 Å². The van der Waals surface area contributed by atoms with Gasteiger partial charge in [0.15, 0.2) is 5.78 Å². The minimum absolute atomic E-state index is 0.00905. The SMILES string of the molecule is CC(=O)c1c(C)c(O)c2cc(C(=O)O)cc(O[C@@H]3O[C@H](CO)[C@]4(C[C@@H]5C6=C(CC=C6[C@@]6(CCO)COC[C@H]7C[C@]89C[C@@]5(NN[C@@H]8C[C@@]5(CC[C@H]8CCC[C@H]%10CCC[C@]%10%11CC[C@@]85C%11)C9)[C@H]76)CO4)[C@H](O)[C@H]3O)c2c1O. The van der Waals surface area contributed by atoms with Crippen LogP contribution in [-0.4, -0.2) is 122 Å². The van der Waals surface area contributed by atoms with E-state index in [0.29, 0.717) is 36.9 Å². The molecule has 8 aliphatic carbocycles. The highest BCUT2D eigenvalue weighted by Crippen LogP contribution is 2.81. The van der Waals surface area contributed by atoms with Crippen molar-refractivity contribution < 1.29 is 64.3 Å². The summed E-state index contributed by atoms with van der Waals surface area (Å²) >= 11 is 0. The van der Waals surface area contributed by atoms with E-state index in [2.05, 4.69) is 16.9 Å². The van der Waals surface area contributed by atoms with Crippen LogP contribution in [0.2, 0.25) is 0 Å². The zero-order valence-electron chi connectivity index (χ0n) is 42.3. The van der Waals surface area contributed by atoms with Gasteiger partial charge in [0, 0.05) is 47.1 Å². The second-order valence-electron chi connectivity index (χ2n) is 26.1. The third kappa shape index (κ3) is 5.98. The summed E-state index contributed by atoms with van der Waals surface area (Å²) in [7, 11) is 0. The summed E-state index contributed by atoms with van der Waals surface area (Å²) in [6, 6.07) is 2.55. The van der Waals surface area contributed by atoms with Crippen LogP contribution in [0.3, 0.4) is 0 Å². The molecular weight excluding hydrogens is 933 g/mol. The number of aliphatic hydroxyl groups excluding tert-OH is 4. The van der Waals surface area contributed by atoms with Gasteiger partial charge < -0.3 is 54.7 Å². The van der Waals surface area contributed by atoms with E-state index in [-0.39, 0.29) is 87.5 Å². The number of rotatable bonds is 7. The Morgan fingerprint density at radius 1 is 0.918 bits per heavy atom. The first kappa shape index (κ1) is 47.8. The number of hydrogen-bond donors (Lipinski definition) is 9. The Bertz CT molecular complexity index is 2790. The largest absolute Gasteiger partial charge is 0.507 e. The normalized spacial score (nSPS) is 46.8. The molecule has 15 nitrogen and oxygen atoms in total. The highest BCUT2D eigenvalue weighted by atomic mass is 16.7. The van der Waals surface area contributed by atoms with Crippen LogP contribution in [0.1, 0.15) is 149 Å². The van der Waals surface area contributed by atoms with Gasteiger partial charge in [0.05, 0.1) is 36.3 Å². The molecule has 12 aliphatic rings. The number of nitrogens with one attached hydrogen (secondary N) is 2. The molecule has 0 aromatic heterocycles. The molecule has 4 heterocycles. The number of ketones is 1. The number of hydrogen-bond acceptors (Lipinski definition) is 14. The Morgan fingerprint density at radius 2 is 1.74 bits per heavy atom. The predicted octanol–water partition coefficient (Wildman–Crippen LogP) is 6.65. The Hall–Kier alpha value is -3.64. The number of aromatic hydroxyl groups is 2. The van der Waals surface area contributed by atoms with Crippen LogP contribution in [-0.2, 0) is 14.2 Å². The molecule has 394 valence electrons. The molecule has 4 bridgehead atoms. The number of phenols is 2. The number of aromatic carboxylic acids is 1. The minimum atomic E-state index is -1.82. The van der Waals surface area contributed by atoms with E-state index < -0.39 is 71.0 Å². The topological polar surface area (TPSA) is 237 Å². The van der Waals surface area contributed by atoms with Crippen LogP contribution in [0.4, 0.5) is 0 Å². The van der Waals surface area contributed by atoms with Gasteiger partial charge in [-0.1, -0.05) is 18.9 Å². The first-order valence-corrected chi connectivity index (χ1v) is 27.9. The van der Waals surface area contributed by atoms with Gasteiger partial charge in [0.2, 0.25) is 6.29 Å². The van der Waals surface area contributed by atoms with Crippen molar-refractivity contribution in [1.29, 1.82) is 0 Å². The Morgan fingerprint density at radius 3 is 2.53 bits per heavy atom. The van der Waals surface area contributed by atoms with E-state index in [9.17, 15) is 45.3 Å². The number of hydrazine groups is 1. The maximum Gasteiger partial charge on any atom is 0.335 e. The molecule has 17 atom stereocenters. The van der Waals surface area contributed by atoms with Crippen molar-refractivity contribution in [3.63, 3.8) is 0 Å². The maximum absolute atomic E-state index is 12.9. The third-order valence-corrected chi connectivity index (χ3v) is 23.7. The number of carboxylic acids is 1. The summed E-state index contributed by atoms with van der Waals surface area (Å²) in [4.78, 5) is 25.3. The lowest BCUT2D eigenvalue weighted by molar-refractivity contribution is -0.327. The van der Waals surface area contributed by atoms with Gasteiger partial charge in [0.25, 0.3) is 0 Å². The smallest absolute Gasteiger partial charge is 0.335 e. The van der Waals surface area contributed by atoms with Crippen molar-refractivity contribution in [2.45, 2.75) is 171 Å². The van der Waals surface area contributed by atoms with Gasteiger partial charge in [-0.05, 0) is 191 Å². The summed E-state index contributed by atoms with van der Waals surface area (Å²) < 4.78 is 26.7. The number of phenolic OH excluding ortho intramolecular Hbond substituents is 2. The van der Waals surface area contributed by atoms with E-state index in [1.807, 2.05) is 0 Å². The summed E-state index contributed by atoms with van der Waals surface area (Å²) in [5.41, 5.74) is 9.70. The molecular formula is C58H74N2O13. The van der Waals surface area contributed by atoms with Crippen molar-refractivity contribution >= 4 is 22.5 Å². The van der Waals surface area contributed by atoms with E-state index >= 15 is 0 Å². The Balaban J connectivity index is 0.853. The lowest BCUT2D eigenvalue weighted by Crippen LogP contribution is -2.81. The fraction of sp³-hybridized carbons (Fsp3) is 0.724. The fourth-order valence-electron chi connectivity index (χ4n) is 21.3. The number of carboxylic acid groups (broad SMARTS) is 1. The van der Waals surface area contributed by atoms with Gasteiger partial charge >= 0.3 is 5.97 Å². The number of allylic oxidation sites excluding steroid dienone is 1. The standard InChI is InChI=1S/C58H74N2O13/c1-29-42(30(2)63)46(65)44-36(45(29)64)17-32(50(68)69)18-39(44)72-51-47(66)49(67)58(41(22-62)73-51)20-38-43-31(24-71-58)8-9-37(43)55(15-16-61)28-70-23-33-19-53-25-54(21-40(53)59-60-57(38,27-53)48(33)55)12-10-35-6-3-5-34-7-4-11-52(34)13-14-56(35,54)26-52/h9,17-18,33-35,38,40-41,47-49,51,59-62,64-67H,3-8,10-16,19-28H2,1-2H3,(H,68,69)/t33-,34+,35-,38-,40-,41-,47-,48-,49-,51-,52-,53+,54+,55-,56-,57+,58-/m1/s1. The van der Waals surface area contributed by atoms with Gasteiger partial charge in [-0.15, -0.1) is 0 Å². The van der Waals surface area contributed by atoms with Gasteiger partial charge in [-0.25, -0.2) is 4.79 Å². The summed E-state index contributed by atoms with van der Waals surface area (Å²) in [5.74, 6) is -1.58. The number of benzene rings is 2. The number of ether oxygens (including phenoxy) is 4. The maximum atomic E-state index is 12.9. The van der Waals surface area contributed by atoms with Crippen LogP contribution in [0.25, 0.3) is 10.8 Å². The first-order valence-electron chi connectivity index (χ1n) is 27.9. The van der Waals surface area contributed by atoms with Crippen molar-refractivity contribution in [2.75, 3.05) is 33.0 Å². The zero-order chi connectivity index (χ0) is 50.4. The molecule has 14 rings (SSSR count). The second kappa shape index (κ2) is 16.0. The van der Waals surface area contributed by atoms with Crippen molar-refractivity contribution in [1.82, 2.24) is 10.9 Å². The molecule has 15 heteroatoms. The number of carbonyl (C=O) groups is 2. The average Bonchev–Trinajstić information content (AvgIpc) is 4.17. The Kier molecular flexibility index (Phi) is 10.5. The molecule has 2 aromatic rings. The molecule has 73 heavy (non-hydrogen) atoms. The highest BCUT2D eigenvalue weighted by Gasteiger charge is 2.78. The van der Waals surface area contributed by atoms with Crippen molar-refractivity contribution in [3.8, 4) is 17.2 Å². The molecule has 2 aromatic carbocycles. The van der Waals surface area contributed by atoms with Crippen molar-refractivity contribution in [2.24, 2.45) is 56.7 Å². The second-order valence-corrected chi connectivity index (χ2v) is 26.1. The number of fused-ring (bicyclic) bond motifs is 2. The minimum Gasteiger partial charge on any atom is -0.507 e. The number of carbonyl (C=O) groups excluding carboxylic acids is 1. The van der Waals surface area contributed by atoms with Gasteiger partial charge in [-0.3, -0.25) is 15.6 Å². The molecule has 6 spiro atoms. The van der Waals surface area contributed by atoms with Crippen LogP contribution in [0.5, 0.6) is 17.2 Å². The van der Waals surface area contributed by atoms with Gasteiger partial charge in [0.1, 0.15) is 41.2 Å². The fourth-order valence-corrected chi connectivity index (χ4v) is 21.3. The monoisotopic (exact) mass is 1010 g/mol. The molecule has 0 radical (unpaired) electrons. The third-order valence-electron chi connectivity index (χ3n) is 23.7. The van der Waals surface area contributed by atoms with Crippen LogP contribution < -0.4 is 15.6 Å². The van der Waals surface area contributed by atoms with Crippen LogP contribution in [0.15, 0.2) is 34.9 Å². The molecule has 3 saturated heterocycles. The molecule has 0 amide bonds. The molecule has 7 saturated carbocycles. The number of aliphatic hydroxyl groups is 4. The molecule has 0 unspecified atom stereocenters. The van der Waals surface area contributed by atoms with Gasteiger partial charge in [-0.2, -0.15) is 0 Å². The number of Topliss-reactive ketones (excluding diaryl/α,β-unsaturated/α-hetero) is 1. The van der Waals surface area contributed by atoms with E-state index in [1.54, 1.807) is 0 Å². The van der Waals surface area contributed by atoms with Crippen LogP contribution in [0, 0.1) is 63.6 Å². The average molecular weight is 1010 g/mol. The lowest BCUT2D eigenvalue weighted by atomic mass is 9.39. The molecule has 9 N–H and O–H groups in total. The highest BCUT2D eigenvalue weighted by molar-refractivity contribution is 6.11. The quantitative estimate of drug-likeness (QED) is 0.104. The summed E-state index contributed by atoms with van der Waals surface area (Å²) in [6.45, 7) is 3.28. The molecule has 10 fully saturated rings. The van der Waals surface area contributed by atoms with E-state index in [4.69, 9.17) is 18.9 Å². The van der Waals surface area contributed by atoms with E-state index in [1.165, 1.54) is 115 Å².